The van der Waals surface area contributed by atoms with Crippen LogP contribution in [-0.2, 0) is 6.54 Å². The molecule has 27 heavy (non-hydrogen) atoms. The average molecular weight is 501 g/mol. The molecule has 1 unspecified atom stereocenters. The minimum atomic E-state index is -4.22. The highest BCUT2D eigenvalue weighted by Gasteiger charge is 2.41. The Morgan fingerprint density at radius 2 is 1.81 bits per heavy atom. The molecule has 0 aromatic heterocycles. The molecule has 1 saturated heterocycles. The van der Waals surface area contributed by atoms with Crippen LogP contribution in [0, 0.1) is 10.1 Å². The zero-order valence-electron chi connectivity index (χ0n) is 15.1. The van der Waals surface area contributed by atoms with Crippen LogP contribution in [0.25, 0.3) is 0 Å². The first-order chi connectivity index (χ1) is 12.2. The quantitative estimate of drug-likeness (QED) is 0.226. The highest BCUT2D eigenvalue weighted by atomic mass is 127. The summed E-state index contributed by atoms with van der Waals surface area (Å²) in [6, 6.07) is 4.70. The van der Waals surface area contributed by atoms with Crippen molar-refractivity contribution in [2.75, 3.05) is 33.2 Å². The fourth-order valence-electron chi connectivity index (χ4n) is 2.78. The molecular weight excluding hydrogens is 478 g/mol. The van der Waals surface area contributed by atoms with Crippen LogP contribution in [0.5, 0.6) is 0 Å². The van der Waals surface area contributed by atoms with Crippen molar-refractivity contribution < 1.29 is 18.1 Å². The lowest BCUT2D eigenvalue weighted by molar-refractivity contribution is -0.384. The molecule has 1 N–H and O–H groups in total. The van der Waals surface area contributed by atoms with Crippen LogP contribution in [0.4, 0.5) is 18.9 Å². The largest absolute Gasteiger partial charge is 0.403 e. The summed E-state index contributed by atoms with van der Waals surface area (Å²) in [4.78, 5) is 17.7. The van der Waals surface area contributed by atoms with Gasteiger partial charge >= 0.3 is 6.18 Å². The van der Waals surface area contributed by atoms with Gasteiger partial charge in [0.25, 0.3) is 5.69 Å². The van der Waals surface area contributed by atoms with Crippen LogP contribution in [-0.4, -0.2) is 66.1 Å². The van der Waals surface area contributed by atoms with E-state index >= 15 is 0 Å². The summed E-state index contributed by atoms with van der Waals surface area (Å²) in [6.07, 6.45) is -4.22. The summed E-state index contributed by atoms with van der Waals surface area (Å²) in [5.41, 5.74) is 0.870. The number of guanidine groups is 1. The fourth-order valence-corrected chi connectivity index (χ4v) is 2.78. The smallest absolute Gasteiger partial charge is 0.352 e. The molecule has 152 valence electrons. The molecule has 0 radical (unpaired) electrons. The molecule has 11 heteroatoms. The first-order valence-corrected chi connectivity index (χ1v) is 8.22. The van der Waals surface area contributed by atoms with Crippen LogP contribution in [0.1, 0.15) is 12.5 Å². The predicted molar refractivity (Wildman–Crippen MR) is 107 cm³/mol. The Morgan fingerprint density at radius 3 is 2.26 bits per heavy atom. The van der Waals surface area contributed by atoms with E-state index in [1.54, 1.807) is 19.2 Å². The van der Waals surface area contributed by atoms with Crippen molar-refractivity contribution in [3.05, 3.63) is 39.9 Å². The van der Waals surface area contributed by atoms with E-state index in [2.05, 4.69) is 10.3 Å². The maximum absolute atomic E-state index is 12.8. The number of benzene rings is 1. The third-order valence-corrected chi connectivity index (χ3v) is 4.44. The lowest BCUT2D eigenvalue weighted by Crippen LogP contribution is -2.56. The van der Waals surface area contributed by atoms with Gasteiger partial charge in [0, 0.05) is 51.9 Å². The number of nitrogens with one attached hydrogen (secondary N) is 1. The number of halogens is 4. The van der Waals surface area contributed by atoms with E-state index in [9.17, 15) is 23.3 Å². The number of nitro benzene ring substituents is 1. The van der Waals surface area contributed by atoms with Gasteiger partial charge in [-0.2, -0.15) is 13.2 Å². The summed E-state index contributed by atoms with van der Waals surface area (Å²) in [5.74, 6) is 0.600. The molecule has 0 spiro atoms. The van der Waals surface area contributed by atoms with E-state index in [-0.39, 0.29) is 29.7 Å². The van der Waals surface area contributed by atoms with E-state index in [1.165, 1.54) is 24.0 Å². The van der Waals surface area contributed by atoms with Crippen molar-refractivity contribution in [1.82, 2.24) is 15.1 Å². The number of rotatable bonds is 4. The summed E-state index contributed by atoms with van der Waals surface area (Å²) >= 11 is 0. The number of non-ortho nitro benzene ring substituents is 1. The number of piperazine rings is 1. The van der Waals surface area contributed by atoms with E-state index in [1.807, 2.05) is 4.90 Å². The number of nitrogens with zero attached hydrogens (tertiary/aromatic N) is 4. The second-order valence-corrected chi connectivity index (χ2v) is 6.06. The van der Waals surface area contributed by atoms with E-state index in [4.69, 9.17) is 0 Å². The highest BCUT2D eigenvalue weighted by molar-refractivity contribution is 14.0. The van der Waals surface area contributed by atoms with Crippen LogP contribution < -0.4 is 5.32 Å². The van der Waals surface area contributed by atoms with Crippen LogP contribution in [0.3, 0.4) is 0 Å². The lowest BCUT2D eigenvalue weighted by atomic mass is 10.2. The SMILES string of the molecule is CN=C(NCc1ccc([N+](=O)[O-])cc1)N1CCN(C(C)C(F)(F)F)CC1.I. The van der Waals surface area contributed by atoms with Gasteiger partial charge in [-0.1, -0.05) is 12.1 Å². The molecule has 1 aliphatic rings. The third-order valence-electron chi connectivity index (χ3n) is 4.44. The van der Waals surface area contributed by atoms with Crippen molar-refractivity contribution in [3.8, 4) is 0 Å². The van der Waals surface area contributed by atoms with Crippen molar-refractivity contribution in [2.45, 2.75) is 25.7 Å². The first kappa shape index (κ1) is 23.4. The summed E-state index contributed by atoms with van der Waals surface area (Å²) < 4.78 is 38.4. The Hall–Kier alpha value is -1.63. The van der Waals surface area contributed by atoms with Crippen LogP contribution in [0.2, 0.25) is 0 Å². The van der Waals surface area contributed by atoms with Crippen molar-refractivity contribution in [3.63, 3.8) is 0 Å². The zero-order chi connectivity index (χ0) is 19.3. The maximum Gasteiger partial charge on any atom is 0.403 e. The normalized spacial score (nSPS) is 17.2. The molecule has 1 aliphatic heterocycles. The van der Waals surface area contributed by atoms with Gasteiger partial charge in [0.1, 0.15) is 6.04 Å². The van der Waals surface area contributed by atoms with Crippen LogP contribution in [0.15, 0.2) is 29.3 Å². The van der Waals surface area contributed by atoms with Gasteiger partial charge in [0.2, 0.25) is 0 Å². The molecule has 0 saturated carbocycles. The summed E-state index contributed by atoms with van der Waals surface area (Å²) in [5, 5.41) is 13.8. The predicted octanol–water partition coefficient (Wildman–Crippen LogP) is 2.86. The maximum atomic E-state index is 12.8. The van der Waals surface area contributed by atoms with E-state index in [0.29, 0.717) is 38.7 Å². The number of hydrogen-bond donors (Lipinski definition) is 1. The second-order valence-electron chi connectivity index (χ2n) is 6.06. The molecular formula is C16H23F3IN5O2. The second kappa shape index (κ2) is 10.1. The average Bonchev–Trinajstić information content (AvgIpc) is 2.61. The Morgan fingerprint density at radius 1 is 1.26 bits per heavy atom. The summed E-state index contributed by atoms with van der Waals surface area (Å²) in [6.45, 7) is 3.10. The summed E-state index contributed by atoms with van der Waals surface area (Å²) in [7, 11) is 1.61. The Labute approximate surface area is 172 Å². The zero-order valence-corrected chi connectivity index (χ0v) is 17.4. The lowest BCUT2D eigenvalue weighted by Gasteiger charge is -2.39. The topological polar surface area (TPSA) is 74.0 Å². The van der Waals surface area contributed by atoms with Gasteiger partial charge < -0.3 is 10.2 Å². The molecule has 0 aliphatic carbocycles. The highest BCUT2D eigenvalue weighted by Crippen LogP contribution is 2.25. The van der Waals surface area contributed by atoms with Gasteiger partial charge in [-0.25, -0.2) is 0 Å². The molecule has 2 rings (SSSR count). The fraction of sp³-hybridized carbons (Fsp3) is 0.562. The molecule has 1 heterocycles. The minimum absolute atomic E-state index is 0. The van der Waals surface area contributed by atoms with E-state index < -0.39 is 17.1 Å². The van der Waals surface area contributed by atoms with Gasteiger partial charge in [0.15, 0.2) is 5.96 Å². The van der Waals surface area contributed by atoms with Gasteiger partial charge in [0.05, 0.1) is 4.92 Å². The van der Waals surface area contributed by atoms with Gasteiger partial charge in [-0.05, 0) is 12.5 Å². The standard InChI is InChI=1S/C16H22F3N5O2.HI/c1-12(16(17,18)19)22-7-9-23(10-8-22)15(20-2)21-11-13-3-5-14(6-4-13)24(25)26;/h3-6,12H,7-11H2,1-2H3,(H,20,21);1H. The molecule has 1 aromatic rings. The molecule has 0 amide bonds. The Bertz CT molecular complexity index is 646. The number of alkyl halides is 3. The number of hydrogen-bond acceptors (Lipinski definition) is 4. The van der Waals surface area contributed by atoms with Gasteiger partial charge in [-0.3, -0.25) is 20.0 Å². The molecule has 1 fully saturated rings. The Balaban J connectivity index is 0.00000364. The third kappa shape index (κ3) is 6.48. The number of nitro groups is 1. The molecule has 0 bridgehead atoms. The molecule has 1 atom stereocenters. The van der Waals surface area contributed by atoms with Crippen molar-refractivity contribution in [2.24, 2.45) is 4.99 Å². The first-order valence-electron chi connectivity index (χ1n) is 8.22. The van der Waals surface area contributed by atoms with Crippen LogP contribution >= 0.6 is 24.0 Å². The van der Waals surface area contributed by atoms with Gasteiger partial charge in [-0.15, -0.1) is 24.0 Å². The number of aliphatic imine (C=N–C) groups is 1. The monoisotopic (exact) mass is 501 g/mol. The molecule has 1 aromatic carbocycles. The Kier molecular flexibility index (Phi) is 8.72. The van der Waals surface area contributed by atoms with Crippen molar-refractivity contribution >= 4 is 35.6 Å². The van der Waals surface area contributed by atoms with E-state index in [0.717, 1.165) is 5.56 Å². The minimum Gasteiger partial charge on any atom is -0.352 e. The molecule has 7 nitrogen and oxygen atoms in total. The van der Waals surface area contributed by atoms with Crippen molar-refractivity contribution in [1.29, 1.82) is 0 Å².